The van der Waals surface area contributed by atoms with Gasteiger partial charge in [-0.1, -0.05) is 44.5 Å². The van der Waals surface area contributed by atoms with E-state index in [-0.39, 0.29) is 22.0 Å². The van der Waals surface area contributed by atoms with Crippen molar-refractivity contribution in [3.8, 4) is 11.5 Å². The van der Waals surface area contributed by atoms with Crippen LogP contribution in [-0.2, 0) is 15.4 Å². The van der Waals surface area contributed by atoms with E-state index in [2.05, 4.69) is 40.7 Å². The maximum atomic E-state index is 13.1. The summed E-state index contributed by atoms with van der Waals surface area (Å²) in [6.45, 7) is 12.1. The SMILES string of the molecule is Cc1nnc(-c2ncc(Cl)cc2NS(=O)(=O)c2ccc(C(C)(C)C)cc2)n1C(C)C. The molecule has 1 N–H and O–H groups in total. The Kier molecular flexibility index (Phi) is 5.93. The molecule has 0 saturated heterocycles. The molecule has 3 aromatic rings. The fourth-order valence-corrected chi connectivity index (χ4v) is 4.40. The number of aryl methyl sites for hydroxylation is 1. The second-order valence-corrected chi connectivity index (χ2v) is 10.6. The maximum absolute atomic E-state index is 13.1. The van der Waals surface area contributed by atoms with E-state index in [4.69, 9.17) is 11.6 Å². The third-order valence-electron chi connectivity index (χ3n) is 4.72. The lowest BCUT2D eigenvalue weighted by Gasteiger charge is -2.19. The molecule has 0 radical (unpaired) electrons. The van der Waals surface area contributed by atoms with Crippen LogP contribution in [0.15, 0.2) is 41.4 Å². The van der Waals surface area contributed by atoms with Crippen LogP contribution in [0.1, 0.15) is 52.0 Å². The van der Waals surface area contributed by atoms with Gasteiger partial charge in [0.25, 0.3) is 10.0 Å². The molecular weight excluding hydrogens is 422 g/mol. The minimum absolute atomic E-state index is 0.0709. The molecule has 0 aliphatic carbocycles. The highest BCUT2D eigenvalue weighted by molar-refractivity contribution is 7.92. The first kappa shape index (κ1) is 22.2. The first-order valence-corrected chi connectivity index (χ1v) is 11.5. The summed E-state index contributed by atoms with van der Waals surface area (Å²) in [6.07, 6.45) is 1.46. The van der Waals surface area contributed by atoms with Gasteiger partial charge in [-0.25, -0.2) is 13.4 Å². The fourth-order valence-electron chi connectivity index (χ4n) is 3.18. The molecule has 0 fully saturated rings. The summed E-state index contributed by atoms with van der Waals surface area (Å²) in [4.78, 5) is 4.50. The van der Waals surface area contributed by atoms with E-state index in [1.165, 1.54) is 12.3 Å². The van der Waals surface area contributed by atoms with Crippen LogP contribution in [0.5, 0.6) is 0 Å². The third-order valence-corrected chi connectivity index (χ3v) is 6.31. The Morgan fingerprint density at radius 2 is 1.73 bits per heavy atom. The monoisotopic (exact) mass is 447 g/mol. The first-order valence-electron chi connectivity index (χ1n) is 9.61. The molecule has 0 aliphatic heterocycles. The average molecular weight is 448 g/mol. The summed E-state index contributed by atoms with van der Waals surface area (Å²) in [6, 6.07) is 8.44. The van der Waals surface area contributed by atoms with Crippen molar-refractivity contribution in [3.63, 3.8) is 0 Å². The molecule has 160 valence electrons. The third kappa shape index (κ3) is 4.49. The van der Waals surface area contributed by atoms with Gasteiger partial charge in [0, 0.05) is 12.2 Å². The molecule has 0 bridgehead atoms. The molecule has 7 nitrogen and oxygen atoms in total. The van der Waals surface area contributed by atoms with Crippen molar-refractivity contribution in [3.05, 3.63) is 52.9 Å². The summed E-state index contributed by atoms with van der Waals surface area (Å²) >= 11 is 6.12. The zero-order valence-electron chi connectivity index (χ0n) is 17.9. The molecule has 3 rings (SSSR count). The van der Waals surface area contributed by atoms with Gasteiger partial charge >= 0.3 is 0 Å². The Labute approximate surface area is 182 Å². The highest BCUT2D eigenvalue weighted by Gasteiger charge is 2.23. The molecule has 0 unspecified atom stereocenters. The van der Waals surface area contributed by atoms with E-state index in [1.54, 1.807) is 12.1 Å². The van der Waals surface area contributed by atoms with Gasteiger partial charge in [-0.15, -0.1) is 10.2 Å². The van der Waals surface area contributed by atoms with Crippen molar-refractivity contribution < 1.29 is 8.42 Å². The maximum Gasteiger partial charge on any atom is 0.261 e. The van der Waals surface area contributed by atoms with E-state index in [9.17, 15) is 8.42 Å². The van der Waals surface area contributed by atoms with Crippen molar-refractivity contribution >= 4 is 27.3 Å². The summed E-state index contributed by atoms with van der Waals surface area (Å²) < 4.78 is 30.6. The number of benzene rings is 1. The molecule has 30 heavy (non-hydrogen) atoms. The minimum atomic E-state index is -3.86. The fraction of sp³-hybridized carbons (Fsp3) is 0.381. The van der Waals surface area contributed by atoms with Crippen LogP contribution in [0, 0.1) is 6.92 Å². The number of sulfonamides is 1. The van der Waals surface area contributed by atoms with Gasteiger partial charge in [0.1, 0.15) is 11.5 Å². The van der Waals surface area contributed by atoms with Crippen molar-refractivity contribution in [2.24, 2.45) is 0 Å². The second-order valence-electron chi connectivity index (χ2n) is 8.46. The number of halogens is 1. The van der Waals surface area contributed by atoms with Crippen LogP contribution < -0.4 is 4.72 Å². The van der Waals surface area contributed by atoms with Crippen LogP contribution in [-0.4, -0.2) is 28.2 Å². The molecule has 0 amide bonds. The van der Waals surface area contributed by atoms with Gasteiger partial charge < -0.3 is 4.57 Å². The van der Waals surface area contributed by atoms with Crippen LogP contribution in [0.25, 0.3) is 11.5 Å². The first-order chi connectivity index (χ1) is 13.9. The molecule has 0 spiro atoms. The number of nitrogens with one attached hydrogen (secondary N) is 1. The molecule has 0 atom stereocenters. The average Bonchev–Trinajstić information content (AvgIpc) is 3.02. The molecule has 1 aromatic carbocycles. The van der Waals surface area contributed by atoms with Gasteiger partial charge in [-0.05, 0) is 49.9 Å². The lowest BCUT2D eigenvalue weighted by molar-refractivity contribution is 0.586. The molecule has 2 heterocycles. The standard InChI is InChI=1S/C21H26ClN5O2S/c1-13(2)27-14(3)24-25-20(27)19-18(11-16(22)12-23-19)26-30(28,29)17-9-7-15(8-10-17)21(4,5)6/h7-13,26H,1-6H3. The highest BCUT2D eigenvalue weighted by Crippen LogP contribution is 2.31. The second kappa shape index (κ2) is 8.00. The number of nitrogens with zero attached hydrogens (tertiary/aromatic N) is 4. The Balaban J connectivity index is 2.04. The van der Waals surface area contributed by atoms with Crippen LogP contribution in [0.2, 0.25) is 5.02 Å². The summed E-state index contributed by atoms with van der Waals surface area (Å²) in [7, 11) is -3.86. The topological polar surface area (TPSA) is 89.8 Å². The number of aromatic nitrogens is 4. The van der Waals surface area contributed by atoms with E-state index in [0.29, 0.717) is 22.4 Å². The summed E-state index contributed by atoms with van der Waals surface area (Å²) in [5, 5.41) is 8.65. The molecule has 0 saturated carbocycles. The number of hydrogen-bond donors (Lipinski definition) is 1. The molecule has 9 heteroatoms. The smallest absolute Gasteiger partial charge is 0.261 e. The van der Waals surface area contributed by atoms with Gasteiger partial charge in [-0.2, -0.15) is 0 Å². The van der Waals surface area contributed by atoms with Gasteiger partial charge in [-0.3, -0.25) is 4.72 Å². The number of anilines is 1. The highest BCUT2D eigenvalue weighted by atomic mass is 35.5. The lowest BCUT2D eigenvalue weighted by atomic mass is 9.87. The molecule has 0 aliphatic rings. The molecular formula is C21H26ClN5O2S. The Morgan fingerprint density at radius 3 is 2.30 bits per heavy atom. The molecule has 2 aromatic heterocycles. The predicted octanol–water partition coefficient (Wildman–Crippen LogP) is 4.98. The zero-order valence-corrected chi connectivity index (χ0v) is 19.5. The van der Waals surface area contributed by atoms with Crippen LogP contribution in [0.3, 0.4) is 0 Å². The van der Waals surface area contributed by atoms with Crippen LogP contribution >= 0.6 is 11.6 Å². The summed E-state index contributed by atoms with van der Waals surface area (Å²) in [5.41, 5.74) is 1.59. The van der Waals surface area contributed by atoms with E-state index >= 15 is 0 Å². The van der Waals surface area contributed by atoms with Crippen molar-refractivity contribution in [1.82, 2.24) is 19.7 Å². The minimum Gasteiger partial charge on any atom is -0.307 e. The van der Waals surface area contributed by atoms with E-state index in [1.807, 2.05) is 37.5 Å². The number of rotatable bonds is 5. The normalized spacial score (nSPS) is 12.4. The number of hydrogen-bond acceptors (Lipinski definition) is 5. The van der Waals surface area contributed by atoms with Gasteiger partial charge in [0.15, 0.2) is 5.82 Å². The van der Waals surface area contributed by atoms with Gasteiger partial charge in [0.2, 0.25) is 0 Å². The van der Waals surface area contributed by atoms with Crippen molar-refractivity contribution in [2.75, 3.05) is 4.72 Å². The van der Waals surface area contributed by atoms with Crippen molar-refractivity contribution in [1.29, 1.82) is 0 Å². The quantitative estimate of drug-likeness (QED) is 0.595. The van der Waals surface area contributed by atoms with Gasteiger partial charge in [0.05, 0.1) is 15.6 Å². The van der Waals surface area contributed by atoms with E-state index < -0.39 is 10.0 Å². The van der Waals surface area contributed by atoms with E-state index in [0.717, 1.165) is 5.56 Å². The number of pyridine rings is 1. The van der Waals surface area contributed by atoms with Crippen molar-refractivity contribution in [2.45, 2.75) is 57.9 Å². The Morgan fingerprint density at radius 1 is 1.10 bits per heavy atom. The lowest BCUT2D eigenvalue weighted by Crippen LogP contribution is -2.16. The van der Waals surface area contributed by atoms with Crippen LogP contribution in [0.4, 0.5) is 5.69 Å². The Bertz CT molecular complexity index is 1160. The predicted molar refractivity (Wildman–Crippen MR) is 119 cm³/mol. The summed E-state index contributed by atoms with van der Waals surface area (Å²) in [5.74, 6) is 1.18. The zero-order chi connectivity index (χ0) is 22.3. The largest absolute Gasteiger partial charge is 0.307 e. The Hall–Kier alpha value is -2.45.